The van der Waals surface area contributed by atoms with Gasteiger partial charge in [-0.05, 0) is 18.1 Å². The number of nitrogens with one attached hydrogen (secondary N) is 1. The van der Waals surface area contributed by atoms with Gasteiger partial charge in [0.1, 0.15) is 0 Å². The van der Waals surface area contributed by atoms with Gasteiger partial charge in [-0.3, -0.25) is 10.1 Å². The zero-order valence-electron chi connectivity index (χ0n) is 11.4. The van der Waals surface area contributed by atoms with E-state index in [4.69, 9.17) is 4.74 Å². The molecule has 0 fully saturated rings. The summed E-state index contributed by atoms with van der Waals surface area (Å²) in [5.41, 5.74) is 0.803. The van der Waals surface area contributed by atoms with Crippen molar-refractivity contribution in [3.8, 4) is 0 Å². The quantitative estimate of drug-likeness (QED) is 0.616. The van der Waals surface area contributed by atoms with Gasteiger partial charge >= 0.3 is 0 Å². The van der Waals surface area contributed by atoms with Crippen LogP contribution < -0.4 is 5.32 Å². The highest BCUT2D eigenvalue weighted by Crippen LogP contribution is 2.23. The van der Waals surface area contributed by atoms with Crippen molar-refractivity contribution in [2.75, 3.05) is 13.7 Å². The van der Waals surface area contributed by atoms with E-state index in [0.29, 0.717) is 29.1 Å². The maximum atomic E-state index is 11.0. The average molecular weight is 331 g/mol. The Kier molecular flexibility index (Phi) is 6.41. The van der Waals surface area contributed by atoms with E-state index in [-0.39, 0.29) is 16.7 Å². The van der Waals surface area contributed by atoms with Crippen LogP contribution in [0, 0.1) is 16.0 Å². The van der Waals surface area contributed by atoms with Crippen LogP contribution in [0.25, 0.3) is 0 Å². The molecule has 1 aromatic carbocycles. The standard InChI is InChI=1S/C13H19BrN2O3/c1-9(2)12(8-19-3)15-7-10-4-5-11(14)6-13(10)16(17)18/h4-6,9,12,15H,7-8H2,1-3H3. The molecule has 0 heterocycles. The molecular formula is C13H19BrN2O3. The van der Waals surface area contributed by atoms with E-state index in [1.54, 1.807) is 13.2 Å². The molecule has 0 aromatic heterocycles. The lowest BCUT2D eigenvalue weighted by Gasteiger charge is -2.21. The Labute approximate surface area is 121 Å². The molecule has 0 saturated carbocycles. The Morgan fingerprint density at radius 3 is 2.68 bits per heavy atom. The summed E-state index contributed by atoms with van der Waals surface area (Å²) in [6.07, 6.45) is 0. The van der Waals surface area contributed by atoms with Gasteiger partial charge in [0.05, 0.1) is 11.5 Å². The van der Waals surface area contributed by atoms with Crippen LogP contribution in [0.2, 0.25) is 0 Å². The van der Waals surface area contributed by atoms with E-state index in [2.05, 4.69) is 35.1 Å². The molecule has 0 aliphatic rings. The Morgan fingerprint density at radius 1 is 1.47 bits per heavy atom. The van der Waals surface area contributed by atoms with E-state index in [9.17, 15) is 10.1 Å². The predicted octanol–water partition coefficient (Wildman–Crippen LogP) is 3.12. The number of nitro benzene ring substituents is 1. The van der Waals surface area contributed by atoms with Crippen molar-refractivity contribution < 1.29 is 9.66 Å². The van der Waals surface area contributed by atoms with Crippen LogP contribution in [0.1, 0.15) is 19.4 Å². The molecule has 1 atom stereocenters. The highest BCUT2D eigenvalue weighted by Gasteiger charge is 2.17. The van der Waals surface area contributed by atoms with E-state index in [0.717, 1.165) is 0 Å². The molecule has 0 aliphatic heterocycles. The molecule has 0 spiro atoms. The lowest BCUT2D eigenvalue weighted by atomic mass is 10.0. The monoisotopic (exact) mass is 330 g/mol. The molecule has 0 bridgehead atoms. The van der Waals surface area contributed by atoms with Crippen LogP contribution in [0.5, 0.6) is 0 Å². The fourth-order valence-corrected chi connectivity index (χ4v) is 2.11. The third-order valence-corrected chi connectivity index (χ3v) is 3.44. The highest BCUT2D eigenvalue weighted by atomic mass is 79.9. The van der Waals surface area contributed by atoms with Crippen molar-refractivity contribution in [2.24, 2.45) is 5.92 Å². The molecule has 5 nitrogen and oxygen atoms in total. The number of ether oxygens (including phenoxy) is 1. The van der Waals surface area contributed by atoms with Crippen molar-refractivity contribution in [3.05, 3.63) is 38.3 Å². The molecule has 0 radical (unpaired) electrons. The second-order valence-corrected chi connectivity index (χ2v) is 5.63. The lowest BCUT2D eigenvalue weighted by molar-refractivity contribution is -0.385. The molecule has 106 valence electrons. The van der Waals surface area contributed by atoms with Crippen LogP contribution >= 0.6 is 15.9 Å². The Morgan fingerprint density at radius 2 is 2.16 bits per heavy atom. The summed E-state index contributed by atoms with van der Waals surface area (Å²) >= 11 is 3.25. The molecule has 0 amide bonds. The van der Waals surface area contributed by atoms with Crippen molar-refractivity contribution in [3.63, 3.8) is 0 Å². The van der Waals surface area contributed by atoms with Gasteiger partial charge in [0.15, 0.2) is 0 Å². The first-order valence-corrected chi connectivity index (χ1v) is 6.90. The normalized spacial score (nSPS) is 12.7. The van der Waals surface area contributed by atoms with Gasteiger partial charge in [-0.25, -0.2) is 0 Å². The molecule has 1 aromatic rings. The highest BCUT2D eigenvalue weighted by molar-refractivity contribution is 9.10. The SMILES string of the molecule is COCC(NCc1ccc(Br)cc1[N+](=O)[O-])C(C)C. The molecule has 1 rings (SSSR count). The third kappa shape index (κ3) is 4.89. The molecule has 1 unspecified atom stereocenters. The van der Waals surface area contributed by atoms with Gasteiger partial charge in [-0.15, -0.1) is 0 Å². The van der Waals surface area contributed by atoms with Gasteiger partial charge in [-0.2, -0.15) is 0 Å². The van der Waals surface area contributed by atoms with Gasteiger partial charge in [0, 0.05) is 35.8 Å². The lowest BCUT2D eigenvalue weighted by Crippen LogP contribution is -2.37. The zero-order chi connectivity index (χ0) is 14.4. The van der Waals surface area contributed by atoms with Gasteiger partial charge < -0.3 is 10.1 Å². The zero-order valence-corrected chi connectivity index (χ0v) is 12.9. The Hall–Kier alpha value is -0.980. The topological polar surface area (TPSA) is 64.4 Å². The first kappa shape index (κ1) is 16.1. The molecule has 1 N–H and O–H groups in total. The van der Waals surface area contributed by atoms with Crippen LogP contribution in [0.3, 0.4) is 0 Å². The number of hydrogen-bond acceptors (Lipinski definition) is 4. The van der Waals surface area contributed by atoms with E-state index < -0.39 is 0 Å². The summed E-state index contributed by atoms with van der Waals surface area (Å²) in [6, 6.07) is 5.27. The molecule has 0 aliphatic carbocycles. The van der Waals surface area contributed by atoms with Gasteiger partial charge in [-0.1, -0.05) is 29.8 Å². The predicted molar refractivity (Wildman–Crippen MR) is 78.1 cm³/mol. The first-order valence-electron chi connectivity index (χ1n) is 6.10. The van der Waals surface area contributed by atoms with E-state index in [1.165, 1.54) is 6.07 Å². The second kappa shape index (κ2) is 7.57. The summed E-state index contributed by atoms with van der Waals surface area (Å²) in [5.74, 6) is 0.398. The summed E-state index contributed by atoms with van der Waals surface area (Å²) in [6.45, 7) is 5.22. The molecular weight excluding hydrogens is 312 g/mol. The number of nitrogens with zero attached hydrogens (tertiary/aromatic N) is 1. The largest absolute Gasteiger partial charge is 0.383 e. The van der Waals surface area contributed by atoms with Crippen LogP contribution in [0.4, 0.5) is 5.69 Å². The van der Waals surface area contributed by atoms with Crippen molar-refractivity contribution >= 4 is 21.6 Å². The Balaban J connectivity index is 2.79. The minimum Gasteiger partial charge on any atom is -0.383 e. The number of rotatable bonds is 7. The summed E-state index contributed by atoms with van der Waals surface area (Å²) in [7, 11) is 1.65. The smallest absolute Gasteiger partial charge is 0.275 e. The fraction of sp³-hybridized carbons (Fsp3) is 0.538. The van der Waals surface area contributed by atoms with Crippen molar-refractivity contribution in [1.29, 1.82) is 0 Å². The summed E-state index contributed by atoms with van der Waals surface area (Å²) in [5, 5.41) is 14.3. The first-order chi connectivity index (χ1) is 8.95. The maximum absolute atomic E-state index is 11.0. The minimum atomic E-state index is -0.359. The van der Waals surface area contributed by atoms with Crippen LogP contribution in [0.15, 0.2) is 22.7 Å². The molecule has 19 heavy (non-hydrogen) atoms. The number of benzene rings is 1. The molecule has 6 heteroatoms. The van der Waals surface area contributed by atoms with Crippen molar-refractivity contribution in [1.82, 2.24) is 5.32 Å². The van der Waals surface area contributed by atoms with Crippen LogP contribution in [-0.4, -0.2) is 24.7 Å². The molecule has 0 saturated heterocycles. The average Bonchev–Trinajstić information content (AvgIpc) is 2.35. The van der Waals surface area contributed by atoms with Crippen molar-refractivity contribution in [2.45, 2.75) is 26.4 Å². The van der Waals surface area contributed by atoms with Gasteiger partial charge in [0.25, 0.3) is 5.69 Å². The van der Waals surface area contributed by atoms with Gasteiger partial charge in [0.2, 0.25) is 0 Å². The summed E-state index contributed by atoms with van der Waals surface area (Å²) < 4.78 is 5.86. The minimum absolute atomic E-state index is 0.127. The van der Waals surface area contributed by atoms with Crippen LogP contribution in [-0.2, 0) is 11.3 Å². The van der Waals surface area contributed by atoms with E-state index in [1.807, 2.05) is 6.07 Å². The number of nitro groups is 1. The third-order valence-electron chi connectivity index (χ3n) is 2.95. The second-order valence-electron chi connectivity index (χ2n) is 4.72. The maximum Gasteiger partial charge on any atom is 0.275 e. The number of hydrogen-bond donors (Lipinski definition) is 1. The number of halogens is 1. The van der Waals surface area contributed by atoms with E-state index >= 15 is 0 Å². The Bertz CT molecular complexity index is 438. The summed E-state index contributed by atoms with van der Waals surface area (Å²) in [4.78, 5) is 10.7. The fourth-order valence-electron chi connectivity index (χ4n) is 1.76. The number of methoxy groups -OCH3 is 1.